The first-order chi connectivity index (χ1) is 11.6. The number of halogens is 2. The second-order valence-electron chi connectivity index (χ2n) is 4.74. The van der Waals surface area contributed by atoms with Gasteiger partial charge in [-0.1, -0.05) is 29.3 Å². The smallest absolute Gasteiger partial charge is 0.288 e. The van der Waals surface area contributed by atoms with Crippen LogP contribution in [-0.2, 0) is 4.79 Å². The highest BCUT2D eigenvalue weighted by molar-refractivity contribution is 6.35. The van der Waals surface area contributed by atoms with Crippen molar-refractivity contribution in [2.45, 2.75) is 12.8 Å². The number of hydrazine groups is 1. The third kappa shape index (κ3) is 5.72. The number of hydrogen-bond acceptors (Lipinski definition) is 4. The Morgan fingerprint density at radius 2 is 1.96 bits per heavy atom. The fourth-order valence-corrected chi connectivity index (χ4v) is 2.22. The zero-order valence-corrected chi connectivity index (χ0v) is 14.1. The molecular weight excluding hydrogens is 353 g/mol. The minimum atomic E-state index is -0.479. The van der Waals surface area contributed by atoms with Crippen molar-refractivity contribution < 1.29 is 14.3 Å². The lowest BCUT2D eigenvalue weighted by Crippen LogP contribution is -2.41. The average molecular weight is 368 g/mol. The van der Waals surface area contributed by atoms with Crippen molar-refractivity contribution in [2.24, 2.45) is 0 Å². The first kappa shape index (κ1) is 18.0. The monoisotopic (exact) mass is 367 g/mol. The normalized spacial score (nSPS) is 10.1. The Bertz CT molecular complexity index is 711. The topological polar surface area (TPSA) is 80.3 Å². The van der Waals surface area contributed by atoms with Gasteiger partial charge in [0.1, 0.15) is 11.4 Å². The number of hydrogen-bond donors (Lipinski definition) is 2. The summed E-state index contributed by atoms with van der Waals surface area (Å²) in [6.07, 6.45) is 2.15. The van der Waals surface area contributed by atoms with Gasteiger partial charge in [-0.2, -0.15) is 0 Å². The van der Waals surface area contributed by atoms with Crippen LogP contribution in [0, 0.1) is 0 Å². The minimum Gasteiger partial charge on any atom is -0.492 e. The van der Waals surface area contributed by atoms with Crippen LogP contribution in [0.2, 0.25) is 10.0 Å². The molecule has 1 aromatic carbocycles. The molecule has 0 bridgehead atoms. The summed E-state index contributed by atoms with van der Waals surface area (Å²) in [5.74, 6) is -0.303. The van der Waals surface area contributed by atoms with Crippen LogP contribution in [-0.4, -0.2) is 23.4 Å². The summed E-state index contributed by atoms with van der Waals surface area (Å²) in [4.78, 5) is 27.2. The Morgan fingerprint density at radius 1 is 1.12 bits per heavy atom. The Hall–Kier alpha value is -2.31. The Labute approximate surface area is 149 Å². The maximum absolute atomic E-state index is 11.7. The van der Waals surface area contributed by atoms with E-state index in [1.807, 2.05) is 0 Å². The predicted octanol–water partition coefficient (Wildman–Crippen LogP) is 3.01. The van der Waals surface area contributed by atoms with Crippen molar-refractivity contribution in [1.29, 1.82) is 0 Å². The van der Waals surface area contributed by atoms with E-state index in [0.29, 0.717) is 28.8 Å². The van der Waals surface area contributed by atoms with Crippen molar-refractivity contribution in [3.8, 4) is 5.75 Å². The average Bonchev–Trinajstić information content (AvgIpc) is 2.59. The summed E-state index contributed by atoms with van der Waals surface area (Å²) in [7, 11) is 0. The quantitative estimate of drug-likeness (QED) is 0.607. The zero-order valence-electron chi connectivity index (χ0n) is 12.6. The van der Waals surface area contributed by atoms with Gasteiger partial charge in [-0.25, -0.2) is 0 Å². The number of pyridine rings is 1. The fraction of sp³-hybridized carbons (Fsp3) is 0.188. The molecule has 1 aromatic heterocycles. The molecule has 2 aromatic rings. The molecular formula is C16H15Cl2N3O3. The summed E-state index contributed by atoms with van der Waals surface area (Å²) >= 11 is 11.8. The van der Waals surface area contributed by atoms with Crippen LogP contribution in [0.25, 0.3) is 0 Å². The number of carbonyl (C=O) groups is 2. The Morgan fingerprint density at radius 3 is 2.67 bits per heavy atom. The number of aromatic nitrogens is 1. The fourth-order valence-electron chi connectivity index (χ4n) is 1.76. The second-order valence-corrected chi connectivity index (χ2v) is 5.59. The molecule has 0 spiro atoms. The van der Waals surface area contributed by atoms with Gasteiger partial charge < -0.3 is 4.74 Å². The number of nitrogens with one attached hydrogen (secondary N) is 2. The molecule has 0 fully saturated rings. The van der Waals surface area contributed by atoms with E-state index >= 15 is 0 Å². The number of benzene rings is 1. The molecule has 0 aliphatic carbocycles. The summed E-state index contributed by atoms with van der Waals surface area (Å²) in [5.41, 5.74) is 4.84. The van der Waals surface area contributed by atoms with Crippen LogP contribution >= 0.6 is 23.2 Å². The molecule has 8 heteroatoms. The van der Waals surface area contributed by atoms with E-state index in [1.54, 1.807) is 36.4 Å². The summed E-state index contributed by atoms with van der Waals surface area (Å²) in [6, 6.07) is 9.84. The first-order valence-corrected chi connectivity index (χ1v) is 7.90. The van der Waals surface area contributed by atoms with E-state index in [9.17, 15) is 9.59 Å². The molecule has 2 rings (SSSR count). The van der Waals surface area contributed by atoms with Gasteiger partial charge in [0.2, 0.25) is 5.91 Å². The molecule has 0 aliphatic rings. The van der Waals surface area contributed by atoms with Crippen molar-refractivity contribution in [1.82, 2.24) is 15.8 Å². The molecule has 24 heavy (non-hydrogen) atoms. The van der Waals surface area contributed by atoms with Crippen LogP contribution in [0.3, 0.4) is 0 Å². The van der Waals surface area contributed by atoms with Gasteiger partial charge in [0, 0.05) is 17.6 Å². The molecule has 2 N–H and O–H groups in total. The molecule has 0 saturated heterocycles. The lowest BCUT2D eigenvalue weighted by atomic mass is 10.3. The van der Waals surface area contributed by atoms with E-state index in [4.69, 9.17) is 27.9 Å². The molecule has 1 heterocycles. The van der Waals surface area contributed by atoms with E-state index in [0.717, 1.165) is 0 Å². The Balaban J connectivity index is 1.65. The van der Waals surface area contributed by atoms with Crippen molar-refractivity contribution in [2.75, 3.05) is 6.61 Å². The largest absolute Gasteiger partial charge is 0.492 e. The van der Waals surface area contributed by atoms with Crippen LogP contribution in [0.15, 0.2) is 42.6 Å². The standard InChI is InChI=1S/C16H15Cl2N3O3/c17-11-6-7-14(12(18)10-11)24-9-3-5-15(22)20-21-16(23)13-4-1-2-8-19-13/h1-2,4,6-8,10H,3,5,9H2,(H,20,22)(H,21,23). The number of ether oxygens (including phenoxy) is 1. The molecule has 2 amide bonds. The maximum atomic E-state index is 11.7. The predicted molar refractivity (Wildman–Crippen MR) is 91.0 cm³/mol. The van der Waals surface area contributed by atoms with Gasteiger partial charge in [-0.15, -0.1) is 0 Å². The Kier molecular flexibility index (Phi) is 6.84. The molecule has 0 aliphatic heterocycles. The van der Waals surface area contributed by atoms with Gasteiger partial charge in [-0.05, 0) is 36.8 Å². The number of amides is 2. The van der Waals surface area contributed by atoms with Gasteiger partial charge >= 0.3 is 0 Å². The molecule has 126 valence electrons. The number of rotatable bonds is 6. The van der Waals surface area contributed by atoms with E-state index in [-0.39, 0.29) is 18.0 Å². The summed E-state index contributed by atoms with van der Waals surface area (Å²) in [5, 5.41) is 0.935. The lowest BCUT2D eigenvalue weighted by Gasteiger charge is -2.09. The van der Waals surface area contributed by atoms with Gasteiger partial charge in [0.15, 0.2) is 0 Å². The van der Waals surface area contributed by atoms with Crippen LogP contribution in [0.1, 0.15) is 23.3 Å². The second kappa shape index (κ2) is 9.10. The molecule has 0 radical (unpaired) electrons. The molecule has 0 atom stereocenters. The van der Waals surface area contributed by atoms with Gasteiger partial charge in [-0.3, -0.25) is 25.4 Å². The molecule has 6 nitrogen and oxygen atoms in total. The zero-order chi connectivity index (χ0) is 17.4. The van der Waals surface area contributed by atoms with Gasteiger partial charge in [0.05, 0.1) is 11.6 Å². The lowest BCUT2D eigenvalue weighted by molar-refractivity contribution is -0.122. The van der Waals surface area contributed by atoms with Crippen LogP contribution in [0.4, 0.5) is 0 Å². The van der Waals surface area contributed by atoms with Crippen molar-refractivity contribution >= 4 is 35.0 Å². The third-order valence-corrected chi connectivity index (χ3v) is 3.44. The molecule has 0 unspecified atom stereocenters. The van der Waals surface area contributed by atoms with Crippen LogP contribution < -0.4 is 15.6 Å². The third-order valence-electron chi connectivity index (χ3n) is 2.91. The van der Waals surface area contributed by atoms with Crippen LogP contribution in [0.5, 0.6) is 5.75 Å². The highest BCUT2D eigenvalue weighted by Crippen LogP contribution is 2.27. The number of nitrogens with zero attached hydrogens (tertiary/aromatic N) is 1. The first-order valence-electron chi connectivity index (χ1n) is 7.14. The van der Waals surface area contributed by atoms with Gasteiger partial charge in [0.25, 0.3) is 5.91 Å². The van der Waals surface area contributed by atoms with E-state index in [1.165, 1.54) is 6.20 Å². The van der Waals surface area contributed by atoms with E-state index < -0.39 is 5.91 Å². The van der Waals surface area contributed by atoms with Crippen molar-refractivity contribution in [3.63, 3.8) is 0 Å². The van der Waals surface area contributed by atoms with Crippen molar-refractivity contribution in [3.05, 3.63) is 58.3 Å². The maximum Gasteiger partial charge on any atom is 0.288 e. The number of carbonyl (C=O) groups excluding carboxylic acids is 2. The SMILES string of the molecule is O=C(CCCOc1ccc(Cl)cc1Cl)NNC(=O)c1ccccn1. The molecule has 0 saturated carbocycles. The summed E-state index contributed by atoms with van der Waals surface area (Å²) < 4.78 is 5.47. The summed E-state index contributed by atoms with van der Waals surface area (Å²) in [6.45, 7) is 0.308. The highest BCUT2D eigenvalue weighted by atomic mass is 35.5. The highest BCUT2D eigenvalue weighted by Gasteiger charge is 2.08. The minimum absolute atomic E-state index is 0.188. The van der Waals surface area contributed by atoms with E-state index in [2.05, 4.69) is 15.8 Å².